The largest absolute Gasteiger partial charge is 0.419 e. The highest BCUT2D eigenvalue weighted by Crippen LogP contribution is 2.33. The molecule has 0 aliphatic carbocycles. The molecule has 0 spiro atoms. The van der Waals surface area contributed by atoms with Gasteiger partial charge in [-0.15, -0.1) is 0 Å². The average molecular weight is 309 g/mol. The molecular formula is C14H10F3N3O2. The van der Waals surface area contributed by atoms with Crippen LogP contribution in [-0.4, -0.2) is 26.5 Å². The van der Waals surface area contributed by atoms with Crippen molar-refractivity contribution in [2.45, 2.75) is 12.7 Å². The van der Waals surface area contributed by atoms with Gasteiger partial charge in [0.25, 0.3) is 11.8 Å². The van der Waals surface area contributed by atoms with Gasteiger partial charge < -0.3 is 0 Å². The maximum Gasteiger partial charge on any atom is 0.419 e. The Morgan fingerprint density at radius 3 is 2.14 bits per heavy atom. The summed E-state index contributed by atoms with van der Waals surface area (Å²) in [7, 11) is 1.35. The van der Waals surface area contributed by atoms with Gasteiger partial charge >= 0.3 is 6.18 Å². The Labute approximate surface area is 122 Å². The number of benzene rings is 1. The standard InChI is InChI=1S/C14H10F3N3O2/c1-19-6-10(14(15,16)17)11(18-19)7-20-12(21)8-4-2-3-5-9(8)13(20)22/h2-6H,7H2,1H3. The number of fused-ring (bicyclic) bond motifs is 1. The van der Waals surface area contributed by atoms with E-state index in [1.807, 2.05) is 0 Å². The van der Waals surface area contributed by atoms with E-state index in [1.165, 1.54) is 19.2 Å². The highest BCUT2D eigenvalue weighted by molar-refractivity contribution is 6.21. The van der Waals surface area contributed by atoms with E-state index in [-0.39, 0.29) is 16.8 Å². The van der Waals surface area contributed by atoms with Crippen molar-refractivity contribution < 1.29 is 22.8 Å². The van der Waals surface area contributed by atoms with Crippen LogP contribution in [0.2, 0.25) is 0 Å². The first-order chi connectivity index (χ1) is 10.3. The first-order valence-electron chi connectivity index (χ1n) is 6.34. The van der Waals surface area contributed by atoms with Crippen LogP contribution in [0.5, 0.6) is 0 Å². The van der Waals surface area contributed by atoms with Gasteiger partial charge in [0, 0.05) is 13.2 Å². The summed E-state index contributed by atoms with van der Waals surface area (Å²) in [6.07, 6.45) is -3.77. The Morgan fingerprint density at radius 2 is 1.64 bits per heavy atom. The van der Waals surface area contributed by atoms with E-state index in [4.69, 9.17) is 0 Å². The van der Waals surface area contributed by atoms with Crippen LogP contribution in [0.25, 0.3) is 0 Å². The lowest BCUT2D eigenvalue weighted by atomic mass is 10.1. The summed E-state index contributed by atoms with van der Waals surface area (Å²) in [4.78, 5) is 25.1. The summed E-state index contributed by atoms with van der Waals surface area (Å²) < 4.78 is 39.9. The molecule has 5 nitrogen and oxygen atoms in total. The molecule has 0 saturated carbocycles. The lowest BCUT2D eigenvalue weighted by molar-refractivity contribution is -0.138. The number of hydrogen-bond donors (Lipinski definition) is 0. The van der Waals surface area contributed by atoms with Crippen molar-refractivity contribution in [1.29, 1.82) is 0 Å². The quantitative estimate of drug-likeness (QED) is 0.799. The second kappa shape index (κ2) is 4.69. The fourth-order valence-corrected chi connectivity index (χ4v) is 2.42. The molecule has 1 aliphatic heterocycles. The van der Waals surface area contributed by atoms with Crippen LogP contribution in [0.15, 0.2) is 30.5 Å². The molecule has 2 aromatic rings. The Bertz CT molecular complexity index is 745. The highest BCUT2D eigenvalue weighted by atomic mass is 19.4. The molecule has 0 unspecified atom stereocenters. The minimum absolute atomic E-state index is 0.192. The number of amides is 2. The zero-order valence-electron chi connectivity index (χ0n) is 11.4. The number of imide groups is 1. The molecule has 0 fully saturated rings. The predicted octanol–water partition coefficient (Wildman–Crippen LogP) is 2.24. The normalized spacial score (nSPS) is 14.6. The van der Waals surface area contributed by atoms with Gasteiger partial charge in [0.1, 0.15) is 0 Å². The molecule has 0 N–H and O–H groups in total. The van der Waals surface area contributed by atoms with Gasteiger partial charge in [-0.25, -0.2) is 0 Å². The van der Waals surface area contributed by atoms with E-state index >= 15 is 0 Å². The predicted molar refractivity (Wildman–Crippen MR) is 68.9 cm³/mol. The minimum atomic E-state index is -4.59. The molecule has 3 rings (SSSR count). The molecule has 8 heteroatoms. The van der Waals surface area contributed by atoms with Gasteiger partial charge in [-0.05, 0) is 12.1 Å². The van der Waals surface area contributed by atoms with Crippen LogP contribution in [0.1, 0.15) is 32.0 Å². The van der Waals surface area contributed by atoms with E-state index < -0.39 is 30.1 Å². The SMILES string of the molecule is Cn1cc(C(F)(F)F)c(CN2C(=O)c3ccccc3C2=O)n1. The van der Waals surface area contributed by atoms with Crippen molar-refractivity contribution in [3.05, 3.63) is 52.8 Å². The Kier molecular flexibility index (Phi) is 3.05. The minimum Gasteiger partial charge on any atom is -0.275 e. The van der Waals surface area contributed by atoms with Crippen molar-refractivity contribution >= 4 is 11.8 Å². The molecule has 2 amide bonds. The van der Waals surface area contributed by atoms with E-state index in [1.54, 1.807) is 12.1 Å². The summed E-state index contributed by atoms with van der Waals surface area (Å²) in [5.41, 5.74) is -0.926. The zero-order chi connectivity index (χ0) is 16.1. The molecule has 0 radical (unpaired) electrons. The first-order valence-corrected chi connectivity index (χ1v) is 6.34. The Hall–Kier alpha value is -2.64. The van der Waals surface area contributed by atoms with Crippen molar-refractivity contribution in [2.24, 2.45) is 7.05 Å². The number of alkyl halides is 3. The smallest absolute Gasteiger partial charge is 0.275 e. The third kappa shape index (κ3) is 2.16. The molecule has 1 aromatic carbocycles. The molecule has 0 atom stereocenters. The third-order valence-electron chi connectivity index (χ3n) is 3.40. The topological polar surface area (TPSA) is 55.2 Å². The molecule has 1 aliphatic rings. The number of aryl methyl sites for hydroxylation is 1. The van der Waals surface area contributed by atoms with Crippen LogP contribution in [-0.2, 0) is 19.8 Å². The van der Waals surface area contributed by atoms with Crippen LogP contribution < -0.4 is 0 Å². The van der Waals surface area contributed by atoms with Gasteiger partial charge in [-0.2, -0.15) is 18.3 Å². The number of carbonyl (C=O) groups excluding carboxylic acids is 2. The van der Waals surface area contributed by atoms with E-state index in [2.05, 4.69) is 5.10 Å². The van der Waals surface area contributed by atoms with Crippen LogP contribution in [0.3, 0.4) is 0 Å². The lowest BCUT2D eigenvalue weighted by Crippen LogP contribution is -2.30. The van der Waals surface area contributed by atoms with Gasteiger partial charge in [0.2, 0.25) is 0 Å². The zero-order valence-corrected chi connectivity index (χ0v) is 11.4. The van der Waals surface area contributed by atoms with Gasteiger partial charge in [0.05, 0.1) is 28.9 Å². The molecule has 22 heavy (non-hydrogen) atoms. The second-order valence-corrected chi connectivity index (χ2v) is 4.90. The van der Waals surface area contributed by atoms with Crippen LogP contribution in [0, 0.1) is 0 Å². The summed E-state index contributed by atoms with van der Waals surface area (Å²) in [6, 6.07) is 6.13. The lowest BCUT2D eigenvalue weighted by Gasteiger charge is -2.14. The number of rotatable bonds is 2. The molecule has 114 valence electrons. The number of nitrogens with zero attached hydrogens (tertiary/aromatic N) is 3. The number of halogens is 3. The van der Waals surface area contributed by atoms with E-state index in [0.717, 1.165) is 15.8 Å². The Balaban J connectivity index is 1.96. The van der Waals surface area contributed by atoms with Crippen LogP contribution >= 0.6 is 0 Å². The van der Waals surface area contributed by atoms with Crippen molar-refractivity contribution in [1.82, 2.24) is 14.7 Å². The summed E-state index contributed by atoms with van der Waals surface area (Å²) >= 11 is 0. The fraction of sp³-hybridized carbons (Fsp3) is 0.214. The van der Waals surface area contributed by atoms with Crippen molar-refractivity contribution in [3.8, 4) is 0 Å². The van der Waals surface area contributed by atoms with Gasteiger partial charge in [-0.3, -0.25) is 19.2 Å². The van der Waals surface area contributed by atoms with Crippen LogP contribution in [0.4, 0.5) is 13.2 Å². The maximum atomic E-state index is 13.0. The third-order valence-corrected chi connectivity index (χ3v) is 3.40. The summed E-state index contributed by atoms with van der Waals surface area (Å²) in [5, 5.41) is 3.72. The number of carbonyl (C=O) groups is 2. The van der Waals surface area contributed by atoms with E-state index in [9.17, 15) is 22.8 Å². The monoisotopic (exact) mass is 309 g/mol. The second-order valence-electron chi connectivity index (χ2n) is 4.90. The molecule has 0 bridgehead atoms. The molecular weight excluding hydrogens is 299 g/mol. The van der Waals surface area contributed by atoms with Crippen molar-refractivity contribution in [3.63, 3.8) is 0 Å². The number of aromatic nitrogens is 2. The average Bonchev–Trinajstić information content (AvgIpc) is 2.93. The van der Waals surface area contributed by atoms with Gasteiger partial charge in [-0.1, -0.05) is 12.1 Å². The Morgan fingerprint density at radius 1 is 1.09 bits per heavy atom. The van der Waals surface area contributed by atoms with Crippen molar-refractivity contribution in [2.75, 3.05) is 0 Å². The molecule has 2 heterocycles. The fourth-order valence-electron chi connectivity index (χ4n) is 2.42. The number of hydrogen-bond acceptors (Lipinski definition) is 3. The van der Waals surface area contributed by atoms with E-state index in [0.29, 0.717) is 0 Å². The maximum absolute atomic E-state index is 13.0. The highest BCUT2D eigenvalue weighted by Gasteiger charge is 2.40. The first kappa shape index (κ1) is 14.3. The summed E-state index contributed by atoms with van der Waals surface area (Å²) in [6.45, 7) is -0.512. The molecule has 0 saturated heterocycles. The summed E-state index contributed by atoms with van der Waals surface area (Å²) in [5.74, 6) is -1.22. The van der Waals surface area contributed by atoms with Gasteiger partial charge in [0.15, 0.2) is 0 Å². The molecule has 1 aromatic heterocycles.